The number of anilines is 1. The van der Waals surface area contributed by atoms with Crippen molar-refractivity contribution in [2.45, 2.75) is 0 Å². The first-order valence-corrected chi connectivity index (χ1v) is 7.23. The van der Waals surface area contributed by atoms with Gasteiger partial charge in [-0.2, -0.15) is 5.10 Å². The van der Waals surface area contributed by atoms with E-state index in [0.717, 1.165) is 22.6 Å². The summed E-state index contributed by atoms with van der Waals surface area (Å²) >= 11 is 0. The second-order valence-corrected chi connectivity index (χ2v) is 5.41. The van der Waals surface area contributed by atoms with Crippen molar-refractivity contribution < 1.29 is 9.90 Å². The number of nitrogens with zero attached hydrogens (tertiary/aromatic N) is 3. The first-order chi connectivity index (χ1) is 11.1. The van der Waals surface area contributed by atoms with Crippen LogP contribution in [0.3, 0.4) is 0 Å². The van der Waals surface area contributed by atoms with Crippen LogP contribution in [0.4, 0.5) is 5.69 Å². The second-order valence-electron chi connectivity index (χ2n) is 5.41. The summed E-state index contributed by atoms with van der Waals surface area (Å²) in [6.07, 6.45) is 0. The molecule has 23 heavy (non-hydrogen) atoms. The van der Waals surface area contributed by atoms with Crippen LogP contribution in [0.2, 0.25) is 0 Å². The van der Waals surface area contributed by atoms with Crippen LogP contribution in [-0.4, -0.2) is 35.0 Å². The Morgan fingerprint density at radius 2 is 1.70 bits per heavy atom. The Hall–Kier alpha value is -3.08. The largest absolute Gasteiger partial charge is 0.476 e. The highest BCUT2D eigenvalue weighted by molar-refractivity contribution is 5.87. The van der Waals surface area contributed by atoms with E-state index in [-0.39, 0.29) is 5.69 Å². The standard InChI is InChI=1S/C18H17N3O2/c1-20(2)14-10-8-13(9-11-14)17-12-16(18(22)23)19-21(17)15-6-4-3-5-7-15/h3-12H,1-2H3,(H,22,23). The van der Waals surface area contributed by atoms with E-state index in [2.05, 4.69) is 5.10 Å². The van der Waals surface area contributed by atoms with Crippen molar-refractivity contribution in [2.75, 3.05) is 19.0 Å². The molecule has 0 spiro atoms. The highest BCUT2D eigenvalue weighted by atomic mass is 16.4. The molecule has 3 aromatic rings. The molecule has 0 aliphatic carbocycles. The van der Waals surface area contributed by atoms with E-state index in [9.17, 15) is 9.90 Å². The van der Waals surface area contributed by atoms with Crippen molar-refractivity contribution in [1.82, 2.24) is 9.78 Å². The summed E-state index contributed by atoms with van der Waals surface area (Å²) in [5.41, 5.74) is 3.60. The van der Waals surface area contributed by atoms with Crippen molar-refractivity contribution >= 4 is 11.7 Å². The van der Waals surface area contributed by atoms with Gasteiger partial charge in [0.1, 0.15) is 0 Å². The molecule has 1 N–H and O–H groups in total. The first kappa shape index (κ1) is 14.8. The lowest BCUT2D eigenvalue weighted by atomic mass is 10.1. The zero-order valence-corrected chi connectivity index (χ0v) is 13.0. The van der Waals surface area contributed by atoms with E-state index in [1.165, 1.54) is 0 Å². The summed E-state index contributed by atoms with van der Waals surface area (Å²) in [5.74, 6) is -1.04. The molecule has 0 radical (unpaired) electrons. The minimum absolute atomic E-state index is 0.0283. The predicted octanol–water partition coefficient (Wildman–Crippen LogP) is 3.30. The van der Waals surface area contributed by atoms with E-state index in [1.807, 2.05) is 73.6 Å². The number of rotatable bonds is 4. The molecule has 0 amide bonds. The van der Waals surface area contributed by atoms with Crippen LogP contribution in [0, 0.1) is 0 Å². The van der Waals surface area contributed by atoms with Gasteiger partial charge in [0.15, 0.2) is 5.69 Å². The minimum atomic E-state index is -1.04. The highest BCUT2D eigenvalue weighted by Gasteiger charge is 2.15. The van der Waals surface area contributed by atoms with Gasteiger partial charge in [-0.25, -0.2) is 9.48 Å². The van der Waals surface area contributed by atoms with Crippen molar-refractivity contribution in [3.8, 4) is 16.9 Å². The Balaban J connectivity index is 2.12. The maximum atomic E-state index is 11.3. The van der Waals surface area contributed by atoms with Crippen LogP contribution in [0.15, 0.2) is 60.7 Å². The number of carboxylic acids is 1. The molecule has 0 aliphatic rings. The van der Waals surface area contributed by atoms with Crippen molar-refractivity contribution in [3.05, 3.63) is 66.4 Å². The first-order valence-electron chi connectivity index (χ1n) is 7.23. The van der Waals surface area contributed by atoms with Gasteiger partial charge in [-0.1, -0.05) is 30.3 Å². The van der Waals surface area contributed by atoms with E-state index in [1.54, 1.807) is 10.7 Å². The smallest absolute Gasteiger partial charge is 0.356 e. The molecule has 0 aliphatic heterocycles. The normalized spacial score (nSPS) is 10.5. The minimum Gasteiger partial charge on any atom is -0.476 e. The maximum Gasteiger partial charge on any atom is 0.356 e. The van der Waals surface area contributed by atoms with Crippen LogP contribution in [-0.2, 0) is 0 Å². The van der Waals surface area contributed by atoms with Crippen LogP contribution < -0.4 is 4.90 Å². The van der Waals surface area contributed by atoms with Gasteiger partial charge in [0.05, 0.1) is 11.4 Å². The quantitative estimate of drug-likeness (QED) is 0.803. The van der Waals surface area contributed by atoms with Crippen LogP contribution in [0.5, 0.6) is 0 Å². The zero-order valence-electron chi connectivity index (χ0n) is 13.0. The average molecular weight is 307 g/mol. The molecule has 1 heterocycles. The number of aromatic carboxylic acids is 1. The third-order valence-corrected chi connectivity index (χ3v) is 3.61. The summed E-state index contributed by atoms with van der Waals surface area (Å²) in [6.45, 7) is 0. The van der Waals surface area contributed by atoms with Gasteiger partial charge in [0.2, 0.25) is 0 Å². The van der Waals surface area contributed by atoms with Gasteiger partial charge in [0.25, 0.3) is 0 Å². The van der Waals surface area contributed by atoms with Crippen molar-refractivity contribution in [1.29, 1.82) is 0 Å². The third-order valence-electron chi connectivity index (χ3n) is 3.61. The number of benzene rings is 2. The highest BCUT2D eigenvalue weighted by Crippen LogP contribution is 2.26. The van der Waals surface area contributed by atoms with Gasteiger partial charge < -0.3 is 10.0 Å². The molecule has 5 nitrogen and oxygen atoms in total. The monoisotopic (exact) mass is 307 g/mol. The number of hydrogen-bond donors (Lipinski definition) is 1. The van der Waals surface area contributed by atoms with E-state index in [4.69, 9.17) is 0 Å². The maximum absolute atomic E-state index is 11.3. The fourth-order valence-corrected chi connectivity index (χ4v) is 2.39. The van der Waals surface area contributed by atoms with Crippen LogP contribution in [0.25, 0.3) is 16.9 Å². The lowest BCUT2D eigenvalue weighted by Gasteiger charge is -2.13. The molecular formula is C18H17N3O2. The second kappa shape index (κ2) is 5.96. The Morgan fingerprint density at radius 3 is 2.26 bits per heavy atom. The van der Waals surface area contributed by atoms with Crippen molar-refractivity contribution in [3.63, 3.8) is 0 Å². The molecule has 0 saturated heterocycles. The van der Waals surface area contributed by atoms with Crippen molar-refractivity contribution in [2.24, 2.45) is 0 Å². The van der Waals surface area contributed by atoms with E-state index in [0.29, 0.717) is 0 Å². The lowest BCUT2D eigenvalue weighted by Crippen LogP contribution is -2.08. The Labute approximate surface area is 134 Å². The average Bonchev–Trinajstić information content (AvgIpc) is 3.01. The van der Waals surface area contributed by atoms with Crippen LogP contribution in [0.1, 0.15) is 10.5 Å². The van der Waals surface area contributed by atoms with Gasteiger partial charge in [-0.3, -0.25) is 0 Å². The SMILES string of the molecule is CN(C)c1ccc(-c2cc(C(=O)O)nn2-c2ccccc2)cc1. The van der Waals surface area contributed by atoms with E-state index >= 15 is 0 Å². The van der Waals surface area contributed by atoms with E-state index < -0.39 is 5.97 Å². The molecule has 3 rings (SSSR count). The number of aromatic nitrogens is 2. The topological polar surface area (TPSA) is 58.4 Å². The predicted molar refractivity (Wildman–Crippen MR) is 90.3 cm³/mol. The zero-order chi connectivity index (χ0) is 16.4. The fraction of sp³-hybridized carbons (Fsp3) is 0.111. The summed E-state index contributed by atoms with van der Waals surface area (Å²) in [6, 6.07) is 19.0. The molecule has 0 bridgehead atoms. The molecule has 2 aromatic carbocycles. The van der Waals surface area contributed by atoms with Gasteiger partial charge >= 0.3 is 5.97 Å². The van der Waals surface area contributed by atoms with Gasteiger partial charge in [-0.05, 0) is 30.3 Å². The van der Waals surface area contributed by atoms with Gasteiger partial charge in [-0.15, -0.1) is 0 Å². The molecule has 0 atom stereocenters. The molecule has 116 valence electrons. The fourth-order valence-electron chi connectivity index (χ4n) is 2.39. The third kappa shape index (κ3) is 2.94. The summed E-state index contributed by atoms with van der Waals surface area (Å²) in [4.78, 5) is 13.3. The lowest BCUT2D eigenvalue weighted by molar-refractivity contribution is 0.0690. The molecule has 1 aromatic heterocycles. The summed E-state index contributed by atoms with van der Waals surface area (Å²) < 4.78 is 1.66. The van der Waals surface area contributed by atoms with Crippen LogP contribution >= 0.6 is 0 Å². The molecule has 0 saturated carbocycles. The van der Waals surface area contributed by atoms with Gasteiger partial charge in [0, 0.05) is 25.3 Å². The molecule has 5 heteroatoms. The number of para-hydroxylation sites is 1. The Kier molecular flexibility index (Phi) is 3.85. The number of carboxylic acid groups (broad SMARTS) is 1. The summed E-state index contributed by atoms with van der Waals surface area (Å²) in [7, 11) is 3.96. The Bertz CT molecular complexity index is 821. The Morgan fingerprint density at radius 1 is 1.04 bits per heavy atom. The molecular weight excluding hydrogens is 290 g/mol. The number of carbonyl (C=O) groups is 1. The molecule has 0 unspecified atom stereocenters. The molecule has 0 fully saturated rings. The number of hydrogen-bond acceptors (Lipinski definition) is 3. The summed E-state index contributed by atoms with van der Waals surface area (Å²) in [5, 5.41) is 13.5.